The molecule has 1 aliphatic carbocycles. The molecule has 0 radical (unpaired) electrons. The zero-order valence-electron chi connectivity index (χ0n) is 9.50. The van der Waals surface area contributed by atoms with Gasteiger partial charge in [0.2, 0.25) is 0 Å². The van der Waals surface area contributed by atoms with Gasteiger partial charge < -0.3 is 5.11 Å². The lowest BCUT2D eigenvalue weighted by atomic mass is 9.93. The second-order valence-electron chi connectivity index (χ2n) is 5.08. The van der Waals surface area contributed by atoms with Gasteiger partial charge in [0.15, 0.2) is 0 Å². The Labute approximate surface area is 111 Å². The lowest BCUT2D eigenvalue weighted by molar-refractivity contribution is 0.0453. The van der Waals surface area contributed by atoms with Crippen molar-refractivity contribution in [1.29, 1.82) is 0 Å². The summed E-state index contributed by atoms with van der Waals surface area (Å²) in [4.78, 5) is 2.36. The maximum absolute atomic E-state index is 10.7. The molecule has 1 aromatic rings. The summed E-state index contributed by atoms with van der Waals surface area (Å²) >= 11 is 12.2. The van der Waals surface area contributed by atoms with Crippen LogP contribution in [0.5, 0.6) is 0 Å². The monoisotopic (exact) mass is 271 g/mol. The third kappa shape index (κ3) is 2.08. The third-order valence-electron chi connectivity index (χ3n) is 3.79. The minimum atomic E-state index is -0.829. The molecule has 1 atom stereocenters. The van der Waals surface area contributed by atoms with Crippen LogP contribution in [-0.2, 0) is 5.60 Å². The number of aliphatic hydroxyl groups is 1. The molecule has 0 aromatic heterocycles. The Balaban J connectivity index is 1.89. The lowest BCUT2D eigenvalue weighted by Crippen LogP contribution is -2.32. The van der Waals surface area contributed by atoms with Gasteiger partial charge in [-0.1, -0.05) is 35.3 Å². The minimum Gasteiger partial charge on any atom is -0.384 e. The van der Waals surface area contributed by atoms with Crippen LogP contribution >= 0.6 is 23.2 Å². The summed E-state index contributed by atoms with van der Waals surface area (Å²) in [7, 11) is 0. The minimum absolute atomic E-state index is 0.495. The summed E-state index contributed by atoms with van der Waals surface area (Å²) in [5.41, 5.74) is -0.0558. The second-order valence-corrected chi connectivity index (χ2v) is 5.87. The summed E-state index contributed by atoms with van der Waals surface area (Å²) in [6, 6.07) is 6.16. The molecule has 1 heterocycles. The number of hydrogen-bond donors (Lipinski definition) is 1. The highest BCUT2D eigenvalue weighted by Crippen LogP contribution is 2.41. The second kappa shape index (κ2) is 4.13. The highest BCUT2D eigenvalue weighted by atomic mass is 35.5. The first kappa shape index (κ1) is 11.8. The normalized spacial score (nSPS) is 29.8. The molecule has 3 rings (SSSR count). The lowest BCUT2D eigenvalue weighted by Gasteiger charge is -2.25. The Hall–Kier alpha value is -0.280. The van der Waals surface area contributed by atoms with E-state index < -0.39 is 5.60 Å². The molecule has 17 heavy (non-hydrogen) atoms. The smallest absolute Gasteiger partial charge is 0.105 e. The van der Waals surface area contributed by atoms with Crippen LogP contribution in [-0.4, -0.2) is 29.1 Å². The number of nitrogens with zero attached hydrogens (tertiary/aromatic N) is 1. The van der Waals surface area contributed by atoms with Crippen LogP contribution in [0, 0.1) is 0 Å². The van der Waals surface area contributed by atoms with Crippen molar-refractivity contribution in [3.05, 3.63) is 33.8 Å². The van der Waals surface area contributed by atoms with Gasteiger partial charge in [0.05, 0.1) is 10.0 Å². The van der Waals surface area contributed by atoms with E-state index in [2.05, 4.69) is 4.90 Å². The van der Waals surface area contributed by atoms with E-state index in [0.29, 0.717) is 22.6 Å². The number of β-amino-alcohol motifs (C(OH)–C–C–N with tert-alkyl or cyclic N) is 1. The van der Waals surface area contributed by atoms with E-state index in [1.807, 2.05) is 12.1 Å². The quantitative estimate of drug-likeness (QED) is 0.894. The molecule has 1 aromatic carbocycles. The van der Waals surface area contributed by atoms with E-state index in [-0.39, 0.29) is 0 Å². The summed E-state index contributed by atoms with van der Waals surface area (Å²) in [5.74, 6) is 0. The van der Waals surface area contributed by atoms with Crippen LogP contribution in [0.1, 0.15) is 24.8 Å². The zero-order valence-corrected chi connectivity index (χ0v) is 11.0. The first-order chi connectivity index (χ1) is 8.10. The maximum atomic E-state index is 10.7. The van der Waals surface area contributed by atoms with Crippen LogP contribution < -0.4 is 0 Å². The maximum Gasteiger partial charge on any atom is 0.105 e. The van der Waals surface area contributed by atoms with Crippen LogP contribution in [0.3, 0.4) is 0 Å². The standard InChI is InChI=1S/C13H15Cl2NO/c14-11-3-1-2-10(12(11)15)13(17)6-7-16(8-13)9-4-5-9/h1-3,9,17H,4-8H2. The van der Waals surface area contributed by atoms with Crippen molar-refractivity contribution < 1.29 is 5.11 Å². The molecule has 0 spiro atoms. The van der Waals surface area contributed by atoms with E-state index in [4.69, 9.17) is 23.2 Å². The topological polar surface area (TPSA) is 23.5 Å². The molecular formula is C13H15Cl2NO. The van der Waals surface area contributed by atoms with Gasteiger partial charge in [0, 0.05) is 24.7 Å². The fourth-order valence-electron chi connectivity index (χ4n) is 2.66. The van der Waals surface area contributed by atoms with Gasteiger partial charge >= 0.3 is 0 Å². The molecule has 1 aliphatic heterocycles. The fourth-order valence-corrected chi connectivity index (χ4v) is 3.13. The van der Waals surface area contributed by atoms with Crippen LogP contribution in [0.2, 0.25) is 10.0 Å². The van der Waals surface area contributed by atoms with Crippen molar-refractivity contribution in [2.75, 3.05) is 13.1 Å². The van der Waals surface area contributed by atoms with Gasteiger partial charge in [0.1, 0.15) is 5.60 Å². The van der Waals surface area contributed by atoms with Crippen molar-refractivity contribution in [2.24, 2.45) is 0 Å². The number of rotatable bonds is 2. The van der Waals surface area contributed by atoms with Crippen molar-refractivity contribution in [3.8, 4) is 0 Å². The van der Waals surface area contributed by atoms with E-state index >= 15 is 0 Å². The van der Waals surface area contributed by atoms with Crippen LogP contribution in [0.25, 0.3) is 0 Å². The van der Waals surface area contributed by atoms with Gasteiger partial charge in [-0.15, -0.1) is 0 Å². The first-order valence-electron chi connectivity index (χ1n) is 6.01. The molecule has 2 fully saturated rings. The largest absolute Gasteiger partial charge is 0.384 e. The summed E-state index contributed by atoms with van der Waals surface area (Å²) < 4.78 is 0. The van der Waals surface area contributed by atoms with E-state index in [0.717, 1.165) is 18.5 Å². The molecule has 1 N–H and O–H groups in total. The molecule has 0 bridgehead atoms. The van der Waals surface area contributed by atoms with Gasteiger partial charge in [-0.2, -0.15) is 0 Å². The summed E-state index contributed by atoms with van der Waals surface area (Å²) in [6.45, 7) is 1.63. The Morgan fingerprint density at radius 2 is 2.06 bits per heavy atom. The molecular weight excluding hydrogens is 257 g/mol. The summed E-state index contributed by atoms with van der Waals surface area (Å²) in [6.07, 6.45) is 3.27. The van der Waals surface area contributed by atoms with Crippen LogP contribution in [0.15, 0.2) is 18.2 Å². The van der Waals surface area contributed by atoms with Crippen molar-refractivity contribution in [2.45, 2.75) is 30.9 Å². The molecule has 1 saturated carbocycles. The number of halogens is 2. The highest BCUT2D eigenvalue weighted by molar-refractivity contribution is 6.42. The molecule has 2 aliphatic rings. The SMILES string of the molecule is OC1(c2cccc(Cl)c2Cl)CCN(C2CC2)C1. The van der Waals surface area contributed by atoms with Gasteiger partial charge in [0.25, 0.3) is 0 Å². The Morgan fingerprint density at radius 1 is 1.29 bits per heavy atom. The average molecular weight is 272 g/mol. The van der Waals surface area contributed by atoms with Crippen molar-refractivity contribution in [1.82, 2.24) is 4.90 Å². The first-order valence-corrected chi connectivity index (χ1v) is 6.77. The summed E-state index contributed by atoms with van der Waals surface area (Å²) in [5, 5.41) is 11.7. The molecule has 4 heteroatoms. The fraction of sp³-hybridized carbons (Fsp3) is 0.538. The number of likely N-dealkylation sites (tertiary alicyclic amines) is 1. The van der Waals surface area contributed by atoms with Crippen LogP contribution in [0.4, 0.5) is 0 Å². The highest BCUT2D eigenvalue weighted by Gasteiger charge is 2.43. The van der Waals surface area contributed by atoms with E-state index in [1.54, 1.807) is 6.07 Å². The van der Waals surface area contributed by atoms with Gasteiger partial charge in [-0.05, 0) is 25.3 Å². The number of hydrogen-bond acceptors (Lipinski definition) is 2. The Kier molecular flexibility index (Phi) is 2.86. The Morgan fingerprint density at radius 3 is 2.76 bits per heavy atom. The molecule has 2 nitrogen and oxygen atoms in total. The van der Waals surface area contributed by atoms with Gasteiger partial charge in [-0.25, -0.2) is 0 Å². The van der Waals surface area contributed by atoms with Gasteiger partial charge in [-0.3, -0.25) is 4.90 Å². The van der Waals surface area contributed by atoms with E-state index in [1.165, 1.54) is 12.8 Å². The Bertz CT molecular complexity index is 447. The molecule has 1 saturated heterocycles. The predicted octanol–water partition coefficient (Wildman–Crippen LogP) is 3.05. The third-order valence-corrected chi connectivity index (χ3v) is 4.61. The molecule has 92 valence electrons. The van der Waals surface area contributed by atoms with E-state index in [9.17, 15) is 5.11 Å². The number of benzene rings is 1. The molecule has 1 unspecified atom stereocenters. The van der Waals surface area contributed by atoms with Crippen molar-refractivity contribution >= 4 is 23.2 Å². The average Bonchev–Trinajstić information content (AvgIpc) is 3.07. The zero-order chi connectivity index (χ0) is 12.0. The molecule has 0 amide bonds. The van der Waals surface area contributed by atoms with Crippen molar-refractivity contribution in [3.63, 3.8) is 0 Å². The predicted molar refractivity (Wildman–Crippen MR) is 69.6 cm³/mol.